The Labute approximate surface area is 133 Å². The molecule has 1 aromatic rings. The first-order chi connectivity index (χ1) is 11.1. The Morgan fingerprint density at radius 2 is 1.91 bits per heavy atom. The molecule has 0 saturated carbocycles. The van der Waals surface area contributed by atoms with Crippen molar-refractivity contribution in [2.45, 2.75) is 18.9 Å². The van der Waals surface area contributed by atoms with Crippen molar-refractivity contribution in [1.82, 2.24) is 5.06 Å². The van der Waals surface area contributed by atoms with E-state index in [1.807, 2.05) is 0 Å². The molecule has 0 spiro atoms. The number of imide groups is 1. The molecule has 23 heavy (non-hydrogen) atoms. The van der Waals surface area contributed by atoms with Gasteiger partial charge in [-0.15, -0.1) is 0 Å². The number of fused-ring (bicyclic) bond motifs is 1. The Balaban J connectivity index is 1.72. The molecule has 0 N–H and O–H groups in total. The minimum absolute atomic E-state index is 0.156. The van der Waals surface area contributed by atoms with Crippen LogP contribution in [-0.4, -0.2) is 49.3 Å². The van der Waals surface area contributed by atoms with Crippen molar-refractivity contribution in [3.8, 4) is 0 Å². The molecular weight excluding hydrogens is 302 g/mol. The number of rotatable bonds is 4. The van der Waals surface area contributed by atoms with Gasteiger partial charge in [0.05, 0.1) is 17.7 Å². The number of carbonyl (C=O) groups excluding carboxylic acids is 3. The number of ether oxygens (including phenoxy) is 2. The topological polar surface area (TPSA) is 82.1 Å². The third kappa shape index (κ3) is 2.85. The standard InChI is InChI=1S/C16H17NO6/c1-21-13(10-5-4-8-22-9-10)16(20)23-17-14(18)11-6-2-3-7-12(11)15(17)19/h2-3,6-7,10,13H,4-5,8-9H2,1H3. The second-order valence-corrected chi connectivity index (χ2v) is 5.49. The van der Waals surface area contributed by atoms with Crippen molar-refractivity contribution < 1.29 is 28.7 Å². The van der Waals surface area contributed by atoms with Crippen LogP contribution in [0.5, 0.6) is 0 Å². The molecule has 0 aliphatic carbocycles. The number of carbonyl (C=O) groups is 3. The predicted molar refractivity (Wildman–Crippen MR) is 77.4 cm³/mol. The number of nitrogens with zero attached hydrogens (tertiary/aromatic N) is 1. The maximum atomic E-state index is 12.3. The lowest BCUT2D eigenvalue weighted by atomic mass is 9.96. The molecule has 0 bridgehead atoms. The fourth-order valence-corrected chi connectivity index (χ4v) is 2.88. The first-order valence-electron chi connectivity index (χ1n) is 7.43. The molecule has 1 fully saturated rings. The predicted octanol–water partition coefficient (Wildman–Crippen LogP) is 1.18. The second kappa shape index (κ2) is 6.47. The highest BCUT2D eigenvalue weighted by molar-refractivity contribution is 6.20. The molecule has 122 valence electrons. The number of hydrogen-bond donors (Lipinski definition) is 0. The molecule has 7 heteroatoms. The van der Waals surface area contributed by atoms with Gasteiger partial charge in [0.2, 0.25) is 0 Å². The molecule has 2 atom stereocenters. The summed E-state index contributed by atoms with van der Waals surface area (Å²) in [5.74, 6) is -2.21. The molecule has 0 radical (unpaired) electrons. The van der Waals surface area contributed by atoms with Gasteiger partial charge in [-0.05, 0) is 25.0 Å². The second-order valence-electron chi connectivity index (χ2n) is 5.49. The van der Waals surface area contributed by atoms with E-state index in [0.29, 0.717) is 18.3 Å². The van der Waals surface area contributed by atoms with Gasteiger partial charge in [0.15, 0.2) is 6.10 Å². The van der Waals surface area contributed by atoms with Crippen LogP contribution in [0.15, 0.2) is 24.3 Å². The number of hydrogen-bond acceptors (Lipinski definition) is 6. The third-order valence-electron chi connectivity index (χ3n) is 4.05. The van der Waals surface area contributed by atoms with Crippen LogP contribution in [0.3, 0.4) is 0 Å². The molecule has 1 saturated heterocycles. The van der Waals surface area contributed by atoms with Crippen LogP contribution in [0.4, 0.5) is 0 Å². The molecule has 2 unspecified atom stereocenters. The summed E-state index contributed by atoms with van der Waals surface area (Å²) < 4.78 is 10.5. The summed E-state index contributed by atoms with van der Waals surface area (Å²) in [5, 5.41) is 0.503. The summed E-state index contributed by atoms with van der Waals surface area (Å²) in [6, 6.07) is 6.33. The summed E-state index contributed by atoms with van der Waals surface area (Å²) in [5.41, 5.74) is 0.445. The van der Waals surface area contributed by atoms with Crippen LogP contribution in [0.1, 0.15) is 33.6 Å². The van der Waals surface area contributed by atoms with Gasteiger partial charge < -0.3 is 14.3 Å². The minimum Gasteiger partial charge on any atom is -0.381 e. The largest absolute Gasteiger partial charge is 0.381 e. The van der Waals surface area contributed by atoms with Gasteiger partial charge in [-0.2, -0.15) is 0 Å². The summed E-state index contributed by atoms with van der Waals surface area (Å²) in [7, 11) is 1.39. The van der Waals surface area contributed by atoms with E-state index in [-0.39, 0.29) is 17.0 Å². The van der Waals surface area contributed by atoms with Crippen LogP contribution in [0.2, 0.25) is 0 Å². The van der Waals surface area contributed by atoms with Crippen molar-refractivity contribution in [3.05, 3.63) is 35.4 Å². The minimum atomic E-state index is -0.875. The highest BCUT2D eigenvalue weighted by atomic mass is 16.7. The van der Waals surface area contributed by atoms with Gasteiger partial charge in [-0.1, -0.05) is 17.2 Å². The summed E-state index contributed by atoms with van der Waals surface area (Å²) in [6.07, 6.45) is 0.709. The Bertz CT molecular complexity index is 602. The molecule has 3 rings (SSSR count). The average molecular weight is 319 g/mol. The Morgan fingerprint density at radius 3 is 2.43 bits per heavy atom. The number of benzene rings is 1. The highest BCUT2D eigenvalue weighted by Crippen LogP contribution is 2.25. The molecule has 2 amide bonds. The Kier molecular flexibility index (Phi) is 4.40. The van der Waals surface area contributed by atoms with Gasteiger partial charge in [-0.3, -0.25) is 9.59 Å². The molecule has 0 aromatic heterocycles. The zero-order chi connectivity index (χ0) is 16.4. The van der Waals surface area contributed by atoms with E-state index in [4.69, 9.17) is 14.3 Å². The van der Waals surface area contributed by atoms with Gasteiger partial charge >= 0.3 is 5.97 Å². The van der Waals surface area contributed by atoms with Crippen LogP contribution in [-0.2, 0) is 19.1 Å². The van der Waals surface area contributed by atoms with E-state index in [1.54, 1.807) is 12.1 Å². The van der Waals surface area contributed by atoms with Crippen molar-refractivity contribution in [1.29, 1.82) is 0 Å². The van der Waals surface area contributed by atoms with Crippen LogP contribution in [0.25, 0.3) is 0 Å². The van der Waals surface area contributed by atoms with E-state index in [1.165, 1.54) is 19.2 Å². The lowest BCUT2D eigenvalue weighted by Crippen LogP contribution is -2.42. The van der Waals surface area contributed by atoms with E-state index in [2.05, 4.69) is 0 Å². The van der Waals surface area contributed by atoms with Gasteiger partial charge in [-0.25, -0.2) is 4.79 Å². The lowest BCUT2D eigenvalue weighted by molar-refractivity contribution is -0.186. The zero-order valence-corrected chi connectivity index (χ0v) is 12.7. The molecule has 2 heterocycles. The molecule has 2 aliphatic heterocycles. The fourth-order valence-electron chi connectivity index (χ4n) is 2.88. The molecular formula is C16H17NO6. The zero-order valence-electron chi connectivity index (χ0n) is 12.7. The molecule has 7 nitrogen and oxygen atoms in total. The number of methoxy groups -OCH3 is 1. The normalized spacial score (nSPS) is 22.0. The average Bonchev–Trinajstić information content (AvgIpc) is 2.82. The maximum absolute atomic E-state index is 12.3. The monoisotopic (exact) mass is 319 g/mol. The van der Waals surface area contributed by atoms with Gasteiger partial charge in [0.25, 0.3) is 11.8 Å². The highest BCUT2D eigenvalue weighted by Gasteiger charge is 2.41. The van der Waals surface area contributed by atoms with Crippen LogP contribution >= 0.6 is 0 Å². The lowest BCUT2D eigenvalue weighted by Gasteiger charge is -2.28. The van der Waals surface area contributed by atoms with Crippen LogP contribution < -0.4 is 0 Å². The summed E-state index contributed by atoms with van der Waals surface area (Å²) in [4.78, 5) is 41.7. The molecule has 1 aromatic carbocycles. The Morgan fingerprint density at radius 1 is 1.26 bits per heavy atom. The first-order valence-corrected chi connectivity index (χ1v) is 7.43. The first kappa shape index (κ1) is 15.6. The van der Waals surface area contributed by atoms with Crippen molar-refractivity contribution in [2.75, 3.05) is 20.3 Å². The smallest absolute Gasteiger partial charge is 0.362 e. The third-order valence-corrected chi connectivity index (χ3v) is 4.05. The fraction of sp³-hybridized carbons (Fsp3) is 0.438. The van der Waals surface area contributed by atoms with E-state index in [9.17, 15) is 14.4 Å². The van der Waals surface area contributed by atoms with Crippen molar-refractivity contribution >= 4 is 17.8 Å². The number of hydroxylamine groups is 2. The SMILES string of the molecule is COC(C(=O)ON1C(=O)c2ccccc2C1=O)C1CCCOC1. The van der Waals surface area contributed by atoms with Gasteiger partial charge in [0, 0.05) is 19.6 Å². The number of amides is 2. The maximum Gasteiger partial charge on any atom is 0.362 e. The molecule has 2 aliphatic rings. The quantitative estimate of drug-likeness (QED) is 0.775. The Hall–Kier alpha value is -2.25. The van der Waals surface area contributed by atoms with Crippen molar-refractivity contribution in [3.63, 3.8) is 0 Å². The van der Waals surface area contributed by atoms with Crippen LogP contribution in [0, 0.1) is 5.92 Å². The summed E-state index contributed by atoms with van der Waals surface area (Å²) in [6.45, 7) is 1.04. The van der Waals surface area contributed by atoms with Gasteiger partial charge in [0.1, 0.15) is 0 Å². The van der Waals surface area contributed by atoms with E-state index >= 15 is 0 Å². The van der Waals surface area contributed by atoms with E-state index in [0.717, 1.165) is 12.8 Å². The van der Waals surface area contributed by atoms with Crippen molar-refractivity contribution in [2.24, 2.45) is 5.92 Å². The summed E-state index contributed by atoms with van der Waals surface area (Å²) >= 11 is 0. The van der Waals surface area contributed by atoms with E-state index < -0.39 is 23.9 Å².